The first-order valence-electron chi connectivity index (χ1n) is 3.44. The summed E-state index contributed by atoms with van der Waals surface area (Å²) in [6.45, 7) is 5.32. The molecule has 0 N–H and O–H groups in total. The first-order chi connectivity index (χ1) is 4.83. The summed E-state index contributed by atoms with van der Waals surface area (Å²) in [6.07, 6.45) is -4.22. The highest BCUT2D eigenvalue weighted by Crippen LogP contribution is 2.12. The molecule has 0 aliphatic heterocycles. The van der Waals surface area contributed by atoms with Gasteiger partial charge in [-0.2, -0.15) is 13.2 Å². The van der Waals surface area contributed by atoms with E-state index in [2.05, 4.69) is 4.99 Å². The molecule has 0 aromatic carbocycles. The van der Waals surface area contributed by atoms with Gasteiger partial charge in [0.1, 0.15) is 6.21 Å². The largest absolute Gasteiger partial charge is 0.426 e. The van der Waals surface area contributed by atoms with Gasteiger partial charge in [-0.3, -0.25) is 4.99 Å². The first kappa shape index (κ1) is 10.5. The molecule has 0 aromatic heterocycles. The molecule has 1 atom stereocenters. The van der Waals surface area contributed by atoms with Crippen molar-refractivity contribution in [1.29, 1.82) is 0 Å². The summed E-state index contributed by atoms with van der Waals surface area (Å²) in [5.41, 5.74) is 0. The second-order valence-electron chi connectivity index (χ2n) is 2.80. The Morgan fingerprint density at radius 1 is 1.18 bits per heavy atom. The fourth-order valence-electron chi connectivity index (χ4n) is 0.374. The molecule has 0 saturated heterocycles. The molecule has 4 heteroatoms. The zero-order chi connectivity index (χ0) is 9.07. The number of nitrogens with zero attached hydrogens (tertiary/aromatic N) is 1. The van der Waals surface area contributed by atoms with Crippen molar-refractivity contribution < 1.29 is 13.2 Å². The van der Waals surface area contributed by atoms with Gasteiger partial charge >= 0.3 is 6.18 Å². The van der Waals surface area contributed by atoms with Crippen LogP contribution in [0.3, 0.4) is 0 Å². The summed E-state index contributed by atoms with van der Waals surface area (Å²) >= 11 is 0. The van der Waals surface area contributed by atoms with E-state index in [1.807, 2.05) is 13.8 Å². The minimum Gasteiger partial charge on any atom is -0.285 e. The van der Waals surface area contributed by atoms with E-state index in [0.29, 0.717) is 0 Å². The molecule has 1 nitrogen and oxygen atoms in total. The third kappa shape index (κ3) is 5.88. The maximum Gasteiger partial charge on any atom is 0.426 e. The van der Waals surface area contributed by atoms with Gasteiger partial charge in [0, 0.05) is 6.04 Å². The summed E-state index contributed by atoms with van der Waals surface area (Å²) in [7, 11) is 0. The van der Waals surface area contributed by atoms with Crippen LogP contribution in [-0.2, 0) is 0 Å². The number of rotatable bonds is 2. The van der Waals surface area contributed by atoms with Crippen molar-refractivity contribution >= 4 is 6.21 Å². The third-order valence-corrected chi connectivity index (χ3v) is 1.42. The zero-order valence-electron chi connectivity index (χ0n) is 6.81. The van der Waals surface area contributed by atoms with Crippen LogP contribution in [-0.4, -0.2) is 18.4 Å². The highest BCUT2D eigenvalue weighted by molar-refractivity contribution is 5.64. The molecule has 11 heavy (non-hydrogen) atoms. The van der Waals surface area contributed by atoms with Crippen LogP contribution in [0.25, 0.3) is 0 Å². The van der Waals surface area contributed by atoms with Crippen LogP contribution >= 0.6 is 0 Å². The average molecular weight is 167 g/mol. The molecular weight excluding hydrogens is 155 g/mol. The summed E-state index contributed by atoms with van der Waals surface area (Å²) < 4.78 is 34.6. The van der Waals surface area contributed by atoms with E-state index < -0.39 is 6.18 Å². The lowest BCUT2D eigenvalue weighted by Crippen LogP contribution is -2.14. The lowest BCUT2D eigenvalue weighted by Gasteiger charge is -2.09. The standard InChI is InChI=1S/C7H12F3N/c1-5(2)6(3)11-4-7(8,9)10/h4-6H,1-3H3/t6-/m1/s1. The van der Waals surface area contributed by atoms with Gasteiger partial charge in [-0.05, 0) is 12.8 Å². The predicted molar refractivity (Wildman–Crippen MR) is 38.8 cm³/mol. The van der Waals surface area contributed by atoms with Crippen molar-refractivity contribution in [3.63, 3.8) is 0 Å². The first-order valence-corrected chi connectivity index (χ1v) is 3.44. The molecule has 0 aliphatic carbocycles. The Morgan fingerprint density at radius 2 is 1.64 bits per heavy atom. The normalized spacial score (nSPS) is 16.3. The van der Waals surface area contributed by atoms with Gasteiger partial charge in [0.05, 0.1) is 0 Å². The quantitative estimate of drug-likeness (QED) is 0.560. The Kier molecular flexibility index (Phi) is 3.55. The average Bonchev–Trinajstić information content (AvgIpc) is 1.80. The van der Waals surface area contributed by atoms with Gasteiger partial charge in [0.2, 0.25) is 0 Å². The molecule has 0 aliphatic rings. The van der Waals surface area contributed by atoms with Crippen molar-refractivity contribution in [1.82, 2.24) is 0 Å². The molecule has 66 valence electrons. The lowest BCUT2D eigenvalue weighted by molar-refractivity contribution is -0.0539. The van der Waals surface area contributed by atoms with Crippen LogP contribution in [0.1, 0.15) is 20.8 Å². The van der Waals surface area contributed by atoms with Crippen LogP contribution < -0.4 is 0 Å². The molecule has 0 amide bonds. The Hall–Kier alpha value is -0.540. The van der Waals surface area contributed by atoms with E-state index in [1.54, 1.807) is 6.92 Å². The highest BCUT2D eigenvalue weighted by Gasteiger charge is 2.24. The van der Waals surface area contributed by atoms with E-state index in [-0.39, 0.29) is 18.2 Å². The molecular formula is C7H12F3N. The van der Waals surface area contributed by atoms with E-state index in [9.17, 15) is 13.2 Å². The fraction of sp³-hybridized carbons (Fsp3) is 0.857. The Morgan fingerprint density at radius 3 is 1.91 bits per heavy atom. The number of halogens is 3. The Labute approximate surface area is 64.3 Å². The minimum atomic E-state index is -4.27. The minimum absolute atomic E-state index is 0.0532. The summed E-state index contributed by atoms with van der Waals surface area (Å²) in [5.74, 6) is 0.147. The molecule has 0 fully saturated rings. The summed E-state index contributed by atoms with van der Waals surface area (Å²) in [6, 6.07) is -0.267. The number of hydrogen-bond acceptors (Lipinski definition) is 1. The molecule has 0 aromatic rings. The van der Waals surface area contributed by atoms with Gasteiger partial charge in [-0.1, -0.05) is 13.8 Å². The Balaban J connectivity index is 3.93. The van der Waals surface area contributed by atoms with E-state index in [1.165, 1.54) is 0 Å². The van der Waals surface area contributed by atoms with Crippen molar-refractivity contribution in [2.24, 2.45) is 10.9 Å². The zero-order valence-corrected chi connectivity index (χ0v) is 6.81. The lowest BCUT2D eigenvalue weighted by atomic mass is 10.1. The van der Waals surface area contributed by atoms with Gasteiger partial charge in [0.25, 0.3) is 0 Å². The molecule has 0 radical (unpaired) electrons. The SMILES string of the molecule is CC(C)[C@@H](C)N=CC(F)(F)F. The monoisotopic (exact) mass is 167 g/mol. The van der Waals surface area contributed by atoms with Crippen molar-refractivity contribution in [3.8, 4) is 0 Å². The summed E-state index contributed by atoms with van der Waals surface area (Å²) in [4.78, 5) is 3.34. The molecule has 0 bridgehead atoms. The van der Waals surface area contributed by atoms with Gasteiger partial charge in [0.15, 0.2) is 0 Å². The third-order valence-electron chi connectivity index (χ3n) is 1.42. The van der Waals surface area contributed by atoms with Gasteiger partial charge in [-0.25, -0.2) is 0 Å². The van der Waals surface area contributed by atoms with Crippen LogP contribution in [0.5, 0.6) is 0 Å². The van der Waals surface area contributed by atoms with E-state index in [0.717, 1.165) is 0 Å². The molecule has 0 unspecified atom stereocenters. The Bertz CT molecular complexity index is 137. The van der Waals surface area contributed by atoms with Crippen LogP contribution in [0, 0.1) is 5.92 Å². The van der Waals surface area contributed by atoms with Crippen LogP contribution in [0.15, 0.2) is 4.99 Å². The maximum absolute atomic E-state index is 11.5. The van der Waals surface area contributed by atoms with Gasteiger partial charge < -0.3 is 0 Å². The number of aliphatic imine (C=N–C) groups is 1. The molecule has 0 saturated carbocycles. The second kappa shape index (κ2) is 3.74. The highest BCUT2D eigenvalue weighted by atomic mass is 19.4. The van der Waals surface area contributed by atoms with Crippen molar-refractivity contribution in [2.45, 2.75) is 33.0 Å². The van der Waals surface area contributed by atoms with E-state index in [4.69, 9.17) is 0 Å². The predicted octanol–water partition coefficient (Wildman–Crippen LogP) is 2.66. The van der Waals surface area contributed by atoms with Crippen LogP contribution in [0.2, 0.25) is 0 Å². The number of hydrogen-bond donors (Lipinski definition) is 0. The smallest absolute Gasteiger partial charge is 0.285 e. The maximum atomic E-state index is 11.5. The fourth-order valence-corrected chi connectivity index (χ4v) is 0.374. The topological polar surface area (TPSA) is 12.4 Å². The molecule has 0 spiro atoms. The van der Waals surface area contributed by atoms with Crippen molar-refractivity contribution in [2.75, 3.05) is 0 Å². The van der Waals surface area contributed by atoms with Gasteiger partial charge in [-0.15, -0.1) is 0 Å². The second-order valence-corrected chi connectivity index (χ2v) is 2.80. The van der Waals surface area contributed by atoms with E-state index >= 15 is 0 Å². The summed E-state index contributed by atoms with van der Waals surface area (Å²) in [5, 5.41) is 0. The van der Waals surface area contributed by atoms with Crippen molar-refractivity contribution in [3.05, 3.63) is 0 Å². The molecule has 0 heterocycles. The van der Waals surface area contributed by atoms with Crippen LogP contribution in [0.4, 0.5) is 13.2 Å². The molecule has 0 rings (SSSR count). The number of alkyl halides is 3.